The molecule has 11 aromatic carbocycles. The van der Waals surface area contributed by atoms with Gasteiger partial charge in [-0.1, -0.05) is 127 Å². The van der Waals surface area contributed by atoms with Crippen LogP contribution in [-0.4, -0.2) is 31.7 Å². The lowest BCUT2D eigenvalue weighted by Gasteiger charge is -2.36. The van der Waals surface area contributed by atoms with E-state index in [1.54, 1.807) is 0 Å². The molecule has 74 heavy (non-hydrogen) atoms. The number of fused-ring (bicyclic) bond motifs is 20. The summed E-state index contributed by atoms with van der Waals surface area (Å²) in [5.74, 6) is 3.46. The highest BCUT2D eigenvalue weighted by Crippen LogP contribution is 2.45. The minimum atomic E-state index is -0.0653. The number of hydrogen-bond donors (Lipinski definition) is 0. The van der Waals surface area contributed by atoms with Crippen LogP contribution in [0.3, 0.4) is 0 Å². The van der Waals surface area contributed by atoms with Gasteiger partial charge in [0.15, 0.2) is 0 Å². The summed E-state index contributed by atoms with van der Waals surface area (Å²) < 4.78 is 24.1. The van der Waals surface area contributed by atoms with E-state index in [0.29, 0.717) is 0 Å². The molecule has 0 bridgehead atoms. The molecule has 6 nitrogen and oxygen atoms in total. The predicted molar refractivity (Wildman–Crippen MR) is 306 cm³/mol. The summed E-state index contributed by atoms with van der Waals surface area (Å²) in [6, 6.07) is 80.6. The van der Waals surface area contributed by atoms with Crippen LogP contribution >= 0.6 is 0 Å². The molecule has 19 rings (SSSR count). The third kappa shape index (κ3) is 4.50. The average Bonchev–Trinajstić information content (AvgIpc) is 4.17. The lowest BCUT2D eigenvalue weighted by atomic mass is 9.31. The minimum Gasteiger partial charge on any atom is -0.458 e. The summed E-state index contributed by atoms with van der Waals surface area (Å²) >= 11 is 0. The maximum absolute atomic E-state index is 7.12. The molecule has 0 unspecified atom stereocenters. The first-order valence-corrected chi connectivity index (χ1v) is 25.6. The van der Waals surface area contributed by atoms with Crippen molar-refractivity contribution in [3.05, 3.63) is 218 Å². The van der Waals surface area contributed by atoms with Crippen molar-refractivity contribution in [3.8, 4) is 45.7 Å². The topological polar surface area (TPSA) is 38.2 Å². The van der Waals surface area contributed by atoms with E-state index in [9.17, 15) is 0 Å². The van der Waals surface area contributed by atoms with Gasteiger partial charge < -0.3 is 27.7 Å². The zero-order valence-electron chi connectivity index (χ0n) is 39.5. The van der Waals surface area contributed by atoms with E-state index in [0.717, 1.165) is 45.7 Å². The quantitative estimate of drug-likeness (QED) is 0.162. The Hall–Kier alpha value is -9.65. The predicted octanol–water partition coefficient (Wildman–Crippen LogP) is 11.9. The van der Waals surface area contributed by atoms with Crippen LogP contribution in [0.2, 0.25) is 0 Å². The standard InChI is InChI=1S/C66H36B2N4O2/c1-3-15-37(16-4-1)69-51-25-9-7-19-39(51)43-31-57-45(33-55(43)69)41-21-11-23-47-65(41)71(57)53-27-13-29-59-63(53)67(47)49-35-50-62(36-61(49)73-59)74-60-30-14-28-54-64(60)68(50)48-24-12-22-42-46-34-56-44(32-58(46)72(54)66(42)48)40-20-8-10-26-52(40)70(56)38-17-5-2-6-18-38/h1-36H. The molecule has 0 radical (unpaired) electrons. The maximum atomic E-state index is 7.12. The molecule has 8 heterocycles. The molecule has 0 spiro atoms. The average molecular weight is 939 g/mol. The number of hydrogen-bond acceptors (Lipinski definition) is 2. The molecule has 338 valence electrons. The van der Waals surface area contributed by atoms with Crippen molar-refractivity contribution in [1.82, 2.24) is 18.3 Å². The summed E-state index contributed by atoms with van der Waals surface area (Å²) in [7, 11) is 0. The first kappa shape index (κ1) is 38.1. The molecule has 4 aromatic heterocycles. The van der Waals surface area contributed by atoms with Gasteiger partial charge in [-0.15, -0.1) is 0 Å². The summed E-state index contributed by atoms with van der Waals surface area (Å²) in [6.07, 6.45) is 0. The number of ether oxygens (including phenoxy) is 2. The highest BCUT2D eigenvalue weighted by Gasteiger charge is 2.45. The van der Waals surface area contributed by atoms with E-state index in [1.165, 1.54) is 120 Å². The van der Waals surface area contributed by atoms with Crippen LogP contribution in [0.25, 0.3) is 110 Å². The van der Waals surface area contributed by atoms with Crippen molar-refractivity contribution in [1.29, 1.82) is 0 Å². The molecule has 0 N–H and O–H groups in total. The zero-order chi connectivity index (χ0) is 47.7. The number of para-hydroxylation sites is 6. The van der Waals surface area contributed by atoms with E-state index in [4.69, 9.17) is 9.47 Å². The van der Waals surface area contributed by atoms with E-state index in [-0.39, 0.29) is 13.4 Å². The Kier molecular flexibility index (Phi) is 6.82. The molecule has 4 aliphatic rings. The van der Waals surface area contributed by atoms with Gasteiger partial charge in [0.25, 0.3) is 13.4 Å². The maximum Gasteiger partial charge on any atom is 0.256 e. The van der Waals surface area contributed by atoms with Crippen LogP contribution in [0.5, 0.6) is 23.0 Å². The largest absolute Gasteiger partial charge is 0.458 e. The van der Waals surface area contributed by atoms with Gasteiger partial charge in [0, 0.05) is 82.9 Å². The zero-order valence-corrected chi connectivity index (χ0v) is 39.5. The van der Waals surface area contributed by atoms with Crippen LogP contribution in [0.15, 0.2) is 218 Å². The fourth-order valence-corrected chi connectivity index (χ4v) is 14.4. The van der Waals surface area contributed by atoms with Gasteiger partial charge in [0.05, 0.1) is 33.1 Å². The van der Waals surface area contributed by atoms with Crippen LogP contribution in [-0.2, 0) is 0 Å². The lowest BCUT2D eigenvalue weighted by molar-refractivity contribution is 0.465. The van der Waals surface area contributed by atoms with Gasteiger partial charge in [0.1, 0.15) is 23.0 Å². The second kappa shape index (κ2) is 13.2. The number of nitrogens with zero attached hydrogens (tertiary/aromatic N) is 4. The fourth-order valence-electron chi connectivity index (χ4n) is 14.4. The van der Waals surface area contributed by atoms with Crippen molar-refractivity contribution in [3.63, 3.8) is 0 Å². The first-order valence-electron chi connectivity index (χ1n) is 25.6. The number of benzene rings is 11. The Morgan fingerprint density at radius 1 is 0.257 bits per heavy atom. The summed E-state index contributed by atoms with van der Waals surface area (Å²) in [5.41, 5.74) is 21.7. The fraction of sp³-hybridized carbons (Fsp3) is 0. The number of rotatable bonds is 2. The lowest BCUT2D eigenvalue weighted by Crippen LogP contribution is -2.62. The second-order valence-electron chi connectivity index (χ2n) is 20.7. The monoisotopic (exact) mass is 938 g/mol. The smallest absolute Gasteiger partial charge is 0.256 e. The highest BCUT2D eigenvalue weighted by atomic mass is 16.5. The van der Waals surface area contributed by atoms with E-state index >= 15 is 0 Å². The minimum absolute atomic E-state index is 0.0653. The highest BCUT2D eigenvalue weighted by molar-refractivity contribution is 7.02. The Morgan fingerprint density at radius 2 is 0.649 bits per heavy atom. The molecule has 0 fully saturated rings. The van der Waals surface area contributed by atoms with Crippen molar-refractivity contribution in [2.45, 2.75) is 0 Å². The number of aromatic nitrogens is 4. The molecule has 8 heteroatoms. The molecule has 0 saturated heterocycles. The van der Waals surface area contributed by atoms with Crippen LogP contribution in [0.4, 0.5) is 0 Å². The van der Waals surface area contributed by atoms with Gasteiger partial charge in [-0.25, -0.2) is 0 Å². The summed E-state index contributed by atoms with van der Waals surface area (Å²) in [4.78, 5) is 0. The molecule has 0 saturated carbocycles. The Labute approximate surface area is 423 Å². The van der Waals surface area contributed by atoms with Crippen LogP contribution in [0.1, 0.15) is 0 Å². The van der Waals surface area contributed by atoms with E-state index in [1.807, 2.05) is 0 Å². The van der Waals surface area contributed by atoms with Gasteiger partial charge >= 0.3 is 0 Å². The SMILES string of the molecule is c1ccc(-n2c3ccccc3c3cc4c(cc32)c2cccc3c2n4-c2cccc4c2B3c2cc3c(cc2O4)Oc2cccc4c2B3c2cccc3c5cc6c(cc5n-4c23)c2ccccc2n6-c2ccccc2)cc1. The molecule has 0 atom stereocenters. The normalized spacial score (nSPS) is 13.6. The van der Waals surface area contributed by atoms with Crippen molar-refractivity contribution < 1.29 is 9.47 Å². The molecular weight excluding hydrogens is 902 g/mol. The molecule has 4 aliphatic heterocycles. The van der Waals surface area contributed by atoms with Gasteiger partial charge in [0.2, 0.25) is 0 Å². The van der Waals surface area contributed by atoms with Gasteiger partial charge in [-0.05, 0) is 118 Å². The summed E-state index contributed by atoms with van der Waals surface area (Å²) in [5, 5.41) is 9.94. The van der Waals surface area contributed by atoms with Gasteiger partial charge in [-0.2, -0.15) is 0 Å². The molecule has 0 amide bonds. The Balaban J connectivity index is 0.849. The Bertz CT molecular complexity index is 4790. The third-order valence-electron chi connectivity index (χ3n) is 17.2. The molecular formula is C66H36B2N4O2. The van der Waals surface area contributed by atoms with Gasteiger partial charge in [-0.3, -0.25) is 0 Å². The van der Waals surface area contributed by atoms with E-state index in [2.05, 4.69) is 237 Å². The van der Waals surface area contributed by atoms with E-state index < -0.39 is 0 Å². The van der Waals surface area contributed by atoms with Crippen LogP contribution < -0.4 is 42.3 Å². The third-order valence-corrected chi connectivity index (χ3v) is 17.2. The summed E-state index contributed by atoms with van der Waals surface area (Å²) in [6.45, 7) is -0.131. The Morgan fingerprint density at radius 3 is 1.12 bits per heavy atom. The second-order valence-corrected chi connectivity index (χ2v) is 20.7. The van der Waals surface area contributed by atoms with Crippen molar-refractivity contribution in [2.75, 3.05) is 0 Å². The first-order chi connectivity index (χ1) is 36.7. The van der Waals surface area contributed by atoms with Crippen molar-refractivity contribution >= 4 is 133 Å². The molecule has 0 aliphatic carbocycles. The van der Waals surface area contributed by atoms with Crippen molar-refractivity contribution in [2.24, 2.45) is 0 Å². The molecule has 15 aromatic rings. The van der Waals surface area contributed by atoms with Crippen LogP contribution in [0, 0.1) is 0 Å².